The number of rotatable bonds is 7. The second kappa shape index (κ2) is 11.7. The molecule has 1 aromatic rings. The Morgan fingerprint density at radius 1 is 1.26 bits per heavy atom. The standard InChI is InChI=1S/C18H30N4.HI/c1-16-9-14-22(15-10-16)13-5-11-20-18(19)21-12-8-17-6-3-2-4-7-17;/h2-4,6-7,16H,5,8-15H2,1H3,(H3,19,20,21);1H. The van der Waals surface area contributed by atoms with E-state index < -0.39 is 0 Å². The molecule has 1 fully saturated rings. The van der Waals surface area contributed by atoms with E-state index in [1.165, 1.54) is 31.5 Å². The SMILES string of the molecule is CC1CCN(CCCN=C(N)NCCc2ccccc2)CC1.I. The lowest BCUT2D eigenvalue weighted by molar-refractivity contribution is 0.192. The molecule has 1 heterocycles. The Labute approximate surface area is 157 Å². The molecule has 0 saturated carbocycles. The van der Waals surface area contributed by atoms with Crippen molar-refractivity contribution in [2.24, 2.45) is 16.6 Å². The van der Waals surface area contributed by atoms with Crippen molar-refractivity contribution < 1.29 is 0 Å². The number of piperidine rings is 1. The van der Waals surface area contributed by atoms with Gasteiger partial charge in [0.2, 0.25) is 0 Å². The summed E-state index contributed by atoms with van der Waals surface area (Å²) in [5.41, 5.74) is 7.22. The maximum absolute atomic E-state index is 5.90. The van der Waals surface area contributed by atoms with Crippen molar-refractivity contribution in [1.82, 2.24) is 10.2 Å². The molecule has 23 heavy (non-hydrogen) atoms. The highest BCUT2D eigenvalue weighted by atomic mass is 127. The minimum absolute atomic E-state index is 0. The van der Waals surface area contributed by atoms with Crippen LogP contribution < -0.4 is 11.1 Å². The zero-order valence-corrected chi connectivity index (χ0v) is 16.5. The van der Waals surface area contributed by atoms with Gasteiger partial charge in [0.25, 0.3) is 0 Å². The second-order valence-electron chi connectivity index (χ2n) is 6.31. The van der Waals surface area contributed by atoms with Gasteiger partial charge in [0.05, 0.1) is 0 Å². The number of benzene rings is 1. The molecule has 0 bridgehead atoms. The normalized spacial score (nSPS) is 16.8. The van der Waals surface area contributed by atoms with Crippen LogP contribution in [0.1, 0.15) is 31.7 Å². The summed E-state index contributed by atoms with van der Waals surface area (Å²) in [6.45, 7) is 7.64. The number of halogens is 1. The van der Waals surface area contributed by atoms with Crippen molar-refractivity contribution >= 4 is 29.9 Å². The zero-order valence-electron chi connectivity index (χ0n) is 14.2. The summed E-state index contributed by atoms with van der Waals surface area (Å²) in [7, 11) is 0. The summed E-state index contributed by atoms with van der Waals surface area (Å²) in [5, 5.41) is 3.19. The Hall–Kier alpha value is -0.820. The molecule has 0 amide bonds. The van der Waals surface area contributed by atoms with E-state index in [0.29, 0.717) is 5.96 Å². The minimum Gasteiger partial charge on any atom is -0.370 e. The fourth-order valence-electron chi connectivity index (χ4n) is 2.81. The number of hydrogen-bond acceptors (Lipinski definition) is 2. The average molecular weight is 430 g/mol. The van der Waals surface area contributed by atoms with Gasteiger partial charge < -0.3 is 16.0 Å². The lowest BCUT2D eigenvalue weighted by atomic mass is 9.99. The summed E-state index contributed by atoms with van der Waals surface area (Å²) in [6.07, 6.45) is 4.75. The van der Waals surface area contributed by atoms with Crippen molar-refractivity contribution in [2.75, 3.05) is 32.7 Å². The summed E-state index contributed by atoms with van der Waals surface area (Å²) >= 11 is 0. The van der Waals surface area contributed by atoms with Crippen LogP contribution in [0.3, 0.4) is 0 Å². The van der Waals surface area contributed by atoms with Gasteiger partial charge in [-0.15, -0.1) is 24.0 Å². The summed E-state index contributed by atoms with van der Waals surface area (Å²) in [6, 6.07) is 10.4. The van der Waals surface area contributed by atoms with Crippen molar-refractivity contribution in [3.8, 4) is 0 Å². The van der Waals surface area contributed by atoms with Gasteiger partial charge in [-0.05, 0) is 56.8 Å². The Morgan fingerprint density at radius 2 is 1.96 bits per heavy atom. The fourth-order valence-corrected chi connectivity index (χ4v) is 2.81. The van der Waals surface area contributed by atoms with Gasteiger partial charge in [-0.25, -0.2) is 0 Å². The minimum atomic E-state index is 0. The molecule has 0 radical (unpaired) electrons. The number of likely N-dealkylation sites (tertiary alicyclic amines) is 1. The molecule has 1 aromatic carbocycles. The van der Waals surface area contributed by atoms with E-state index in [4.69, 9.17) is 5.73 Å². The van der Waals surface area contributed by atoms with Gasteiger partial charge in [0.1, 0.15) is 0 Å². The summed E-state index contributed by atoms with van der Waals surface area (Å²) in [5.74, 6) is 1.47. The number of guanidine groups is 1. The first-order chi connectivity index (χ1) is 10.7. The van der Waals surface area contributed by atoms with Gasteiger partial charge >= 0.3 is 0 Å². The third-order valence-corrected chi connectivity index (χ3v) is 4.35. The third-order valence-electron chi connectivity index (χ3n) is 4.35. The van der Waals surface area contributed by atoms with E-state index in [1.807, 2.05) is 6.07 Å². The molecule has 4 nitrogen and oxygen atoms in total. The quantitative estimate of drug-likeness (QED) is 0.303. The van der Waals surface area contributed by atoms with Gasteiger partial charge in [0.15, 0.2) is 5.96 Å². The predicted molar refractivity (Wildman–Crippen MR) is 110 cm³/mol. The van der Waals surface area contributed by atoms with E-state index in [-0.39, 0.29) is 24.0 Å². The topological polar surface area (TPSA) is 53.6 Å². The lowest BCUT2D eigenvalue weighted by Gasteiger charge is -2.29. The molecule has 0 aromatic heterocycles. The van der Waals surface area contributed by atoms with Crippen LogP contribution in [0.2, 0.25) is 0 Å². The highest BCUT2D eigenvalue weighted by Crippen LogP contribution is 2.15. The third kappa shape index (κ3) is 8.55. The highest BCUT2D eigenvalue weighted by Gasteiger charge is 2.14. The monoisotopic (exact) mass is 430 g/mol. The fraction of sp³-hybridized carbons (Fsp3) is 0.611. The molecule has 0 aliphatic carbocycles. The van der Waals surface area contributed by atoms with Crippen LogP contribution in [-0.2, 0) is 6.42 Å². The number of nitrogens with one attached hydrogen (secondary N) is 1. The molecule has 130 valence electrons. The molecular weight excluding hydrogens is 399 g/mol. The van der Waals surface area contributed by atoms with Crippen molar-refractivity contribution in [2.45, 2.75) is 32.6 Å². The number of nitrogens with two attached hydrogens (primary N) is 1. The van der Waals surface area contributed by atoms with Gasteiger partial charge in [-0.1, -0.05) is 37.3 Å². The van der Waals surface area contributed by atoms with Crippen LogP contribution in [0.5, 0.6) is 0 Å². The molecule has 0 unspecified atom stereocenters. The Kier molecular flexibility index (Phi) is 10.3. The van der Waals surface area contributed by atoms with Gasteiger partial charge in [-0.3, -0.25) is 4.99 Å². The van der Waals surface area contributed by atoms with E-state index in [0.717, 1.165) is 38.4 Å². The first-order valence-electron chi connectivity index (χ1n) is 8.54. The van der Waals surface area contributed by atoms with E-state index in [1.54, 1.807) is 0 Å². The van der Waals surface area contributed by atoms with Gasteiger partial charge in [-0.2, -0.15) is 0 Å². The van der Waals surface area contributed by atoms with Crippen molar-refractivity contribution in [3.05, 3.63) is 35.9 Å². The summed E-state index contributed by atoms with van der Waals surface area (Å²) < 4.78 is 0. The number of aliphatic imine (C=N–C) groups is 1. The molecule has 5 heteroatoms. The molecule has 1 aliphatic rings. The second-order valence-corrected chi connectivity index (χ2v) is 6.31. The summed E-state index contributed by atoms with van der Waals surface area (Å²) in [4.78, 5) is 6.96. The molecule has 2 rings (SSSR count). The van der Waals surface area contributed by atoms with E-state index in [9.17, 15) is 0 Å². The molecule has 0 atom stereocenters. The lowest BCUT2D eigenvalue weighted by Crippen LogP contribution is -2.35. The van der Waals surface area contributed by atoms with Crippen LogP contribution in [-0.4, -0.2) is 43.6 Å². The predicted octanol–water partition coefficient (Wildman–Crippen LogP) is 2.87. The largest absolute Gasteiger partial charge is 0.370 e. The number of hydrogen-bond donors (Lipinski definition) is 2. The average Bonchev–Trinajstić information content (AvgIpc) is 2.54. The Bertz CT molecular complexity index is 442. The van der Waals surface area contributed by atoms with Crippen LogP contribution >= 0.6 is 24.0 Å². The number of nitrogens with zero attached hydrogens (tertiary/aromatic N) is 2. The highest BCUT2D eigenvalue weighted by molar-refractivity contribution is 14.0. The van der Waals surface area contributed by atoms with Crippen molar-refractivity contribution in [3.63, 3.8) is 0 Å². The van der Waals surface area contributed by atoms with Crippen LogP contribution in [0.25, 0.3) is 0 Å². The molecular formula is C18H31IN4. The van der Waals surface area contributed by atoms with E-state index >= 15 is 0 Å². The zero-order chi connectivity index (χ0) is 15.6. The van der Waals surface area contributed by atoms with Crippen LogP contribution in [0.4, 0.5) is 0 Å². The molecule has 1 aliphatic heterocycles. The maximum atomic E-state index is 5.90. The first-order valence-corrected chi connectivity index (χ1v) is 8.54. The molecule has 1 saturated heterocycles. The van der Waals surface area contributed by atoms with Crippen LogP contribution in [0.15, 0.2) is 35.3 Å². The first kappa shape index (κ1) is 20.2. The maximum Gasteiger partial charge on any atom is 0.188 e. The Morgan fingerprint density at radius 3 is 2.65 bits per heavy atom. The molecule has 3 N–H and O–H groups in total. The smallest absolute Gasteiger partial charge is 0.188 e. The van der Waals surface area contributed by atoms with Gasteiger partial charge in [0, 0.05) is 13.1 Å². The van der Waals surface area contributed by atoms with Crippen LogP contribution in [0, 0.1) is 5.92 Å². The molecule has 0 spiro atoms. The van der Waals surface area contributed by atoms with Crippen molar-refractivity contribution in [1.29, 1.82) is 0 Å². The Balaban J connectivity index is 0.00000264. The van der Waals surface area contributed by atoms with E-state index in [2.05, 4.69) is 46.4 Å².